The largest absolute Gasteiger partial charge is 0.385 e. The Labute approximate surface area is 124 Å². The van der Waals surface area contributed by atoms with Crippen LogP contribution in [-0.4, -0.2) is 5.11 Å². The minimum Gasteiger partial charge on any atom is -0.385 e. The van der Waals surface area contributed by atoms with E-state index in [1.807, 2.05) is 0 Å². The van der Waals surface area contributed by atoms with E-state index in [2.05, 4.69) is 38.1 Å². The van der Waals surface area contributed by atoms with Crippen LogP contribution in [0.3, 0.4) is 0 Å². The van der Waals surface area contributed by atoms with Crippen molar-refractivity contribution in [1.29, 1.82) is 0 Å². The number of benzene rings is 1. The lowest BCUT2D eigenvalue weighted by Gasteiger charge is -2.28. The van der Waals surface area contributed by atoms with Gasteiger partial charge in [0.15, 0.2) is 0 Å². The monoisotopic (exact) mass is 274 g/mol. The summed E-state index contributed by atoms with van der Waals surface area (Å²) in [5.41, 5.74) is 1.94. The molecule has 0 bridgehead atoms. The molecule has 0 radical (unpaired) electrons. The minimum atomic E-state index is -0.577. The molecule has 1 saturated carbocycles. The molecule has 1 aromatic carbocycles. The zero-order valence-electron chi connectivity index (χ0n) is 13.2. The van der Waals surface area contributed by atoms with E-state index in [1.165, 1.54) is 44.1 Å². The SMILES string of the molecule is CCCc1cccc(C2(O)CCCC(CCC)CC2)c1. The van der Waals surface area contributed by atoms with Gasteiger partial charge in [-0.15, -0.1) is 0 Å². The Balaban J connectivity index is 2.11. The van der Waals surface area contributed by atoms with E-state index in [9.17, 15) is 5.11 Å². The number of hydrogen-bond acceptors (Lipinski definition) is 1. The molecule has 1 nitrogen and oxygen atoms in total. The van der Waals surface area contributed by atoms with Gasteiger partial charge in [-0.2, -0.15) is 0 Å². The van der Waals surface area contributed by atoms with Crippen LogP contribution in [-0.2, 0) is 12.0 Å². The summed E-state index contributed by atoms with van der Waals surface area (Å²) in [4.78, 5) is 0. The molecule has 1 heteroatoms. The topological polar surface area (TPSA) is 20.2 Å². The molecule has 0 saturated heterocycles. The molecule has 1 N–H and O–H groups in total. The van der Waals surface area contributed by atoms with Crippen molar-refractivity contribution in [3.63, 3.8) is 0 Å². The molecular formula is C19H30O. The van der Waals surface area contributed by atoms with Gasteiger partial charge in [0.05, 0.1) is 5.60 Å². The lowest BCUT2D eigenvalue weighted by Crippen LogP contribution is -2.25. The van der Waals surface area contributed by atoms with Crippen molar-refractivity contribution in [3.05, 3.63) is 35.4 Å². The molecular weight excluding hydrogens is 244 g/mol. The van der Waals surface area contributed by atoms with Crippen molar-refractivity contribution in [2.75, 3.05) is 0 Å². The second-order valence-electron chi connectivity index (χ2n) is 6.57. The first-order valence-corrected chi connectivity index (χ1v) is 8.49. The van der Waals surface area contributed by atoms with Crippen molar-refractivity contribution >= 4 is 0 Å². The summed E-state index contributed by atoms with van der Waals surface area (Å²) in [5.74, 6) is 0.827. The highest BCUT2D eigenvalue weighted by molar-refractivity contribution is 5.28. The van der Waals surface area contributed by atoms with Crippen molar-refractivity contribution < 1.29 is 5.11 Å². The Kier molecular flexibility index (Phi) is 5.65. The molecule has 1 aromatic rings. The molecule has 20 heavy (non-hydrogen) atoms. The van der Waals surface area contributed by atoms with E-state index in [0.29, 0.717) is 0 Å². The van der Waals surface area contributed by atoms with Crippen molar-refractivity contribution in [2.24, 2.45) is 5.92 Å². The van der Waals surface area contributed by atoms with Crippen molar-refractivity contribution in [3.8, 4) is 0 Å². The average Bonchev–Trinajstić information content (AvgIpc) is 2.64. The predicted octanol–water partition coefficient (Wildman–Crippen LogP) is 5.21. The highest BCUT2D eigenvalue weighted by Gasteiger charge is 2.32. The molecule has 0 aromatic heterocycles. The standard InChI is InChI=1S/C19H30O/c1-3-7-16-10-6-13-19(20,14-12-16)18-11-5-9-17(15-18)8-4-2/h5,9,11,15-16,20H,3-4,6-8,10,12-14H2,1-2H3. The fraction of sp³-hybridized carbons (Fsp3) is 0.684. The van der Waals surface area contributed by atoms with E-state index in [-0.39, 0.29) is 0 Å². The maximum atomic E-state index is 11.1. The van der Waals surface area contributed by atoms with Crippen LogP contribution in [0.15, 0.2) is 24.3 Å². The lowest BCUT2D eigenvalue weighted by molar-refractivity contribution is 0.0195. The Bertz CT molecular complexity index is 412. The quantitative estimate of drug-likeness (QED) is 0.731. The highest BCUT2D eigenvalue weighted by atomic mass is 16.3. The van der Waals surface area contributed by atoms with Crippen molar-refractivity contribution in [2.45, 2.75) is 77.2 Å². The van der Waals surface area contributed by atoms with Gasteiger partial charge in [0.25, 0.3) is 0 Å². The Morgan fingerprint density at radius 1 is 1.15 bits per heavy atom. The predicted molar refractivity (Wildman–Crippen MR) is 85.8 cm³/mol. The average molecular weight is 274 g/mol. The van der Waals surface area contributed by atoms with Crippen LogP contribution < -0.4 is 0 Å². The molecule has 0 aliphatic heterocycles. The molecule has 2 rings (SSSR count). The van der Waals surface area contributed by atoms with Gasteiger partial charge in [-0.05, 0) is 49.1 Å². The molecule has 1 aliphatic rings. The number of aliphatic hydroxyl groups is 1. The van der Waals surface area contributed by atoms with Crippen LogP contribution in [0.2, 0.25) is 0 Å². The van der Waals surface area contributed by atoms with Gasteiger partial charge in [0, 0.05) is 0 Å². The molecule has 0 heterocycles. The maximum Gasteiger partial charge on any atom is 0.0896 e. The summed E-state index contributed by atoms with van der Waals surface area (Å²) in [6.07, 6.45) is 10.4. The highest BCUT2D eigenvalue weighted by Crippen LogP contribution is 2.39. The fourth-order valence-electron chi connectivity index (χ4n) is 3.69. The van der Waals surface area contributed by atoms with Gasteiger partial charge in [0.2, 0.25) is 0 Å². The van der Waals surface area contributed by atoms with Crippen LogP contribution >= 0.6 is 0 Å². The third-order valence-electron chi connectivity index (χ3n) is 4.87. The molecule has 2 unspecified atom stereocenters. The van der Waals surface area contributed by atoms with Crippen LogP contribution in [0.25, 0.3) is 0 Å². The summed E-state index contributed by atoms with van der Waals surface area (Å²) < 4.78 is 0. The molecule has 2 atom stereocenters. The van der Waals surface area contributed by atoms with Gasteiger partial charge in [-0.25, -0.2) is 0 Å². The number of hydrogen-bond donors (Lipinski definition) is 1. The van der Waals surface area contributed by atoms with E-state index in [1.54, 1.807) is 0 Å². The molecule has 1 fully saturated rings. The summed E-state index contributed by atoms with van der Waals surface area (Å²) in [7, 11) is 0. The third-order valence-corrected chi connectivity index (χ3v) is 4.87. The van der Waals surface area contributed by atoms with Crippen LogP contribution in [0.4, 0.5) is 0 Å². The van der Waals surface area contributed by atoms with Gasteiger partial charge in [-0.3, -0.25) is 0 Å². The van der Waals surface area contributed by atoms with Gasteiger partial charge in [0.1, 0.15) is 0 Å². The zero-order chi connectivity index (χ0) is 14.4. The molecule has 0 amide bonds. The summed E-state index contributed by atoms with van der Waals surface area (Å²) >= 11 is 0. The first kappa shape index (κ1) is 15.6. The first-order valence-electron chi connectivity index (χ1n) is 8.49. The zero-order valence-corrected chi connectivity index (χ0v) is 13.2. The summed E-state index contributed by atoms with van der Waals surface area (Å²) in [6.45, 7) is 4.48. The number of aryl methyl sites for hydroxylation is 1. The maximum absolute atomic E-state index is 11.1. The second-order valence-corrected chi connectivity index (χ2v) is 6.57. The number of rotatable bonds is 5. The van der Waals surface area contributed by atoms with Gasteiger partial charge < -0.3 is 5.11 Å². The van der Waals surface area contributed by atoms with E-state index in [4.69, 9.17) is 0 Å². The van der Waals surface area contributed by atoms with Crippen molar-refractivity contribution in [1.82, 2.24) is 0 Å². The van der Waals surface area contributed by atoms with E-state index >= 15 is 0 Å². The normalized spacial score (nSPS) is 27.2. The van der Waals surface area contributed by atoms with Gasteiger partial charge in [-0.1, -0.05) is 63.8 Å². The first-order chi connectivity index (χ1) is 9.68. The van der Waals surface area contributed by atoms with E-state index in [0.717, 1.165) is 30.7 Å². The molecule has 1 aliphatic carbocycles. The Morgan fingerprint density at radius 2 is 2.00 bits per heavy atom. The third kappa shape index (κ3) is 3.85. The smallest absolute Gasteiger partial charge is 0.0896 e. The summed E-state index contributed by atoms with van der Waals surface area (Å²) in [5, 5.41) is 11.1. The van der Waals surface area contributed by atoms with Crippen LogP contribution in [0.5, 0.6) is 0 Å². The molecule has 112 valence electrons. The summed E-state index contributed by atoms with van der Waals surface area (Å²) in [6, 6.07) is 8.67. The van der Waals surface area contributed by atoms with Gasteiger partial charge >= 0.3 is 0 Å². The minimum absolute atomic E-state index is 0.577. The Hall–Kier alpha value is -0.820. The van der Waals surface area contributed by atoms with E-state index < -0.39 is 5.60 Å². The van der Waals surface area contributed by atoms with Crippen LogP contribution in [0, 0.1) is 5.92 Å². The lowest BCUT2D eigenvalue weighted by atomic mass is 9.85. The fourth-order valence-corrected chi connectivity index (χ4v) is 3.69. The van der Waals surface area contributed by atoms with Crippen LogP contribution in [0.1, 0.15) is 76.3 Å². The molecule has 0 spiro atoms. The Morgan fingerprint density at radius 3 is 2.75 bits per heavy atom. The second kappa shape index (κ2) is 7.26.